The van der Waals surface area contributed by atoms with Gasteiger partial charge in [-0.05, 0) is 32.2 Å². The number of rotatable bonds is 4. The van der Waals surface area contributed by atoms with Crippen LogP contribution in [0.1, 0.15) is 19.7 Å². The van der Waals surface area contributed by atoms with Crippen molar-refractivity contribution < 1.29 is 9.53 Å². The fourth-order valence-electron chi connectivity index (χ4n) is 3.33. The molecule has 0 bridgehead atoms. The first-order valence-corrected chi connectivity index (χ1v) is 11.6. The number of morpholine rings is 1. The Hall–Kier alpha value is -1.48. The third-order valence-electron chi connectivity index (χ3n) is 4.40. The predicted molar refractivity (Wildman–Crippen MR) is 113 cm³/mol. The Bertz CT molecular complexity index is 945. The summed E-state index contributed by atoms with van der Waals surface area (Å²) in [5.41, 5.74) is 1.16. The number of thioether (sulfide) groups is 1. The summed E-state index contributed by atoms with van der Waals surface area (Å²) in [6.07, 6.45) is 0.163. The van der Waals surface area contributed by atoms with Crippen LogP contribution in [-0.2, 0) is 9.53 Å². The Labute approximate surface area is 170 Å². The SMILES string of the molecule is Cc1nc(SCC(=O)N2C[C@H](C)O[C@@H](C)C2)c2c(-c3cccs3)csc2n1. The molecular weight excluding hydrogens is 398 g/mol. The number of hydrogen-bond donors (Lipinski definition) is 0. The van der Waals surface area contributed by atoms with Crippen LogP contribution >= 0.6 is 34.4 Å². The fraction of sp³-hybridized carbons (Fsp3) is 0.421. The van der Waals surface area contributed by atoms with E-state index in [2.05, 4.69) is 32.9 Å². The van der Waals surface area contributed by atoms with Crippen molar-refractivity contribution in [1.82, 2.24) is 14.9 Å². The van der Waals surface area contributed by atoms with Crippen molar-refractivity contribution in [3.05, 3.63) is 28.7 Å². The number of carbonyl (C=O) groups is 1. The summed E-state index contributed by atoms with van der Waals surface area (Å²) < 4.78 is 5.73. The highest BCUT2D eigenvalue weighted by Gasteiger charge is 2.26. The van der Waals surface area contributed by atoms with Crippen LogP contribution in [-0.4, -0.2) is 51.8 Å². The van der Waals surface area contributed by atoms with E-state index >= 15 is 0 Å². The zero-order valence-corrected chi connectivity index (χ0v) is 17.9. The van der Waals surface area contributed by atoms with Crippen LogP contribution in [0.5, 0.6) is 0 Å². The maximum absolute atomic E-state index is 12.7. The maximum Gasteiger partial charge on any atom is 0.233 e. The Balaban J connectivity index is 1.58. The topological polar surface area (TPSA) is 55.3 Å². The second-order valence-electron chi connectivity index (χ2n) is 6.73. The molecule has 0 saturated carbocycles. The molecule has 1 amide bonds. The van der Waals surface area contributed by atoms with Gasteiger partial charge in [-0.1, -0.05) is 17.8 Å². The van der Waals surface area contributed by atoms with Gasteiger partial charge in [0.2, 0.25) is 5.91 Å². The lowest BCUT2D eigenvalue weighted by molar-refractivity contribution is -0.140. The van der Waals surface area contributed by atoms with Gasteiger partial charge in [0.25, 0.3) is 0 Å². The molecule has 0 aliphatic carbocycles. The molecule has 4 rings (SSSR count). The lowest BCUT2D eigenvalue weighted by Crippen LogP contribution is -2.48. The van der Waals surface area contributed by atoms with Gasteiger partial charge in [0.05, 0.1) is 23.3 Å². The fourth-order valence-corrected chi connectivity index (χ4v) is 6.19. The number of aryl methyl sites for hydroxylation is 1. The Morgan fingerprint density at radius 2 is 2.07 bits per heavy atom. The minimum Gasteiger partial charge on any atom is -0.372 e. The van der Waals surface area contributed by atoms with Crippen LogP contribution in [0, 0.1) is 6.92 Å². The van der Waals surface area contributed by atoms with E-state index < -0.39 is 0 Å². The summed E-state index contributed by atoms with van der Waals surface area (Å²) in [4.78, 5) is 26.1. The van der Waals surface area contributed by atoms with E-state index in [0.717, 1.165) is 26.6 Å². The van der Waals surface area contributed by atoms with Crippen LogP contribution in [0.4, 0.5) is 0 Å². The van der Waals surface area contributed by atoms with Gasteiger partial charge >= 0.3 is 0 Å². The van der Waals surface area contributed by atoms with Gasteiger partial charge < -0.3 is 9.64 Å². The number of aromatic nitrogens is 2. The molecule has 142 valence electrons. The van der Waals surface area contributed by atoms with Crippen LogP contribution < -0.4 is 0 Å². The van der Waals surface area contributed by atoms with Gasteiger partial charge in [0, 0.05) is 28.9 Å². The van der Waals surface area contributed by atoms with Crippen LogP contribution in [0.15, 0.2) is 27.9 Å². The molecule has 0 spiro atoms. The molecule has 4 heterocycles. The van der Waals surface area contributed by atoms with E-state index in [1.807, 2.05) is 25.7 Å². The summed E-state index contributed by atoms with van der Waals surface area (Å²) >= 11 is 4.86. The standard InChI is InChI=1S/C19H21N3O2S3/c1-11-7-22(8-12(2)24-11)16(23)10-27-19-17-14(15-5-4-6-25-15)9-26-18(17)20-13(3)21-19/h4-6,9,11-12H,7-8,10H2,1-3H3/t11-,12-/m0/s1. The summed E-state index contributed by atoms with van der Waals surface area (Å²) in [6, 6.07) is 4.16. The molecule has 0 unspecified atom stereocenters. The molecule has 0 N–H and O–H groups in total. The van der Waals surface area contributed by atoms with Crippen LogP contribution in [0.2, 0.25) is 0 Å². The molecule has 3 aromatic rings. The van der Waals surface area contributed by atoms with Gasteiger partial charge in [-0.25, -0.2) is 9.97 Å². The normalized spacial score (nSPS) is 20.3. The monoisotopic (exact) mass is 419 g/mol. The summed E-state index contributed by atoms with van der Waals surface area (Å²) in [6.45, 7) is 7.24. The molecule has 8 heteroatoms. The number of hydrogen-bond acceptors (Lipinski definition) is 7. The number of nitrogens with zero attached hydrogens (tertiary/aromatic N) is 3. The molecule has 1 fully saturated rings. The molecular formula is C19H21N3O2S3. The number of fused-ring (bicyclic) bond motifs is 1. The van der Waals surface area contributed by atoms with Gasteiger partial charge in [-0.3, -0.25) is 4.79 Å². The van der Waals surface area contributed by atoms with Gasteiger partial charge in [-0.15, -0.1) is 22.7 Å². The van der Waals surface area contributed by atoms with E-state index in [1.165, 1.54) is 16.6 Å². The van der Waals surface area contributed by atoms with E-state index in [1.54, 1.807) is 22.7 Å². The first kappa shape index (κ1) is 18.9. The van der Waals surface area contributed by atoms with Crippen molar-refractivity contribution in [3.8, 4) is 10.4 Å². The van der Waals surface area contributed by atoms with E-state index in [0.29, 0.717) is 18.8 Å². The van der Waals surface area contributed by atoms with E-state index in [9.17, 15) is 4.79 Å². The zero-order chi connectivity index (χ0) is 19.0. The molecule has 2 atom stereocenters. The van der Waals surface area contributed by atoms with E-state index in [4.69, 9.17) is 4.74 Å². The Morgan fingerprint density at radius 3 is 2.78 bits per heavy atom. The third-order valence-corrected chi connectivity index (χ3v) is 7.14. The average molecular weight is 420 g/mol. The van der Waals surface area contributed by atoms with Crippen LogP contribution in [0.25, 0.3) is 20.7 Å². The Morgan fingerprint density at radius 1 is 1.30 bits per heavy atom. The second-order valence-corrected chi connectivity index (χ2v) is 9.50. The van der Waals surface area contributed by atoms with Crippen molar-refractivity contribution in [1.29, 1.82) is 0 Å². The van der Waals surface area contributed by atoms with Crippen LogP contribution in [0.3, 0.4) is 0 Å². The molecule has 1 aliphatic rings. The molecule has 1 saturated heterocycles. The molecule has 0 aromatic carbocycles. The highest BCUT2D eigenvalue weighted by atomic mass is 32.2. The number of amides is 1. The summed E-state index contributed by atoms with van der Waals surface area (Å²) in [5.74, 6) is 1.26. The number of carbonyl (C=O) groups excluding carboxylic acids is 1. The highest BCUT2D eigenvalue weighted by molar-refractivity contribution is 8.00. The smallest absolute Gasteiger partial charge is 0.233 e. The number of thiophene rings is 2. The lowest BCUT2D eigenvalue weighted by atomic mass is 10.2. The predicted octanol–water partition coefficient (Wildman–Crippen LogP) is 4.46. The third kappa shape index (κ3) is 4.03. The first-order valence-electron chi connectivity index (χ1n) is 8.87. The molecule has 1 aliphatic heterocycles. The maximum atomic E-state index is 12.7. The summed E-state index contributed by atoms with van der Waals surface area (Å²) in [5, 5.41) is 6.17. The molecule has 0 radical (unpaired) electrons. The largest absolute Gasteiger partial charge is 0.372 e. The highest BCUT2D eigenvalue weighted by Crippen LogP contribution is 2.40. The molecule has 3 aromatic heterocycles. The van der Waals surface area contributed by atoms with Crippen molar-refractivity contribution in [2.45, 2.75) is 38.0 Å². The molecule has 27 heavy (non-hydrogen) atoms. The van der Waals surface area contributed by atoms with Crippen molar-refractivity contribution >= 4 is 50.6 Å². The van der Waals surface area contributed by atoms with Gasteiger partial charge in [0.15, 0.2) is 0 Å². The first-order chi connectivity index (χ1) is 13.0. The summed E-state index contributed by atoms with van der Waals surface area (Å²) in [7, 11) is 0. The van der Waals surface area contributed by atoms with E-state index in [-0.39, 0.29) is 18.1 Å². The minimum absolute atomic E-state index is 0.0815. The lowest BCUT2D eigenvalue weighted by Gasteiger charge is -2.35. The van der Waals surface area contributed by atoms with Crippen molar-refractivity contribution in [2.75, 3.05) is 18.8 Å². The molecule has 5 nitrogen and oxygen atoms in total. The zero-order valence-electron chi connectivity index (χ0n) is 15.5. The quantitative estimate of drug-likeness (QED) is 0.462. The van der Waals surface area contributed by atoms with Crippen molar-refractivity contribution in [2.24, 2.45) is 0 Å². The second kappa shape index (κ2) is 7.87. The van der Waals surface area contributed by atoms with Crippen molar-refractivity contribution in [3.63, 3.8) is 0 Å². The average Bonchev–Trinajstić information content (AvgIpc) is 3.27. The minimum atomic E-state index is 0.0815. The number of ether oxygens (including phenoxy) is 1. The van der Waals surface area contributed by atoms with Gasteiger partial charge in [-0.2, -0.15) is 0 Å². The Kier molecular flexibility index (Phi) is 5.50. The van der Waals surface area contributed by atoms with Gasteiger partial charge in [0.1, 0.15) is 15.7 Å².